The van der Waals surface area contributed by atoms with Gasteiger partial charge in [0.05, 0.1) is 0 Å². The molecule has 1 heterocycles. The van der Waals surface area contributed by atoms with Crippen molar-refractivity contribution in [2.24, 2.45) is 0 Å². The van der Waals surface area contributed by atoms with Gasteiger partial charge in [-0.25, -0.2) is 9.97 Å². The van der Waals surface area contributed by atoms with Crippen molar-refractivity contribution in [3.8, 4) is 5.88 Å². The van der Waals surface area contributed by atoms with Gasteiger partial charge in [-0.2, -0.15) is 0 Å². The highest BCUT2D eigenvalue weighted by Crippen LogP contribution is 2.17. The van der Waals surface area contributed by atoms with E-state index in [-0.39, 0.29) is 17.0 Å². The summed E-state index contributed by atoms with van der Waals surface area (Å²) in [5.41, 5.74) is 0. The molecular formula is C8H9ClN2O2. The van der Waals surface area contributed by atoms with E-state index >= 15 is 0 Å². The molecule has 0 unspecified atom stereocenters. The standard InChI is InChI=1S/C8H9ClN2O2/c1-2-3-6(12)13-8-7(9)10-4-5-11-8/h4-5H,2-3H2,1H3. The molecule has 0 atom stereocenters. The third-order valence-electron chi connectivity index (χ3n) is 1.29. The zero-order valence-electron chi connectivity index (χ0n) is 7.16. The van der Waals surface area contributed by atoms with Crippen molar-refractivity contribution >= 4 is 17.6 Å². The Hall–Kier alpha value is -1.16. The Kier molecular flexibility index (Phi) is 3.64. The fourth-order valence-corrected chi connectivity index (χ4v) is 0.883. The number of esters is 1. The van der Waals surface area contributed by atoms with Gasteiger partial charge in [-0.05, 0) is 6.42 Å². The molecular weight excluding hydrogens is 192 g/mol. The fourth-order valence-electron chi connectivity index (χ4n) is 0.740. The molecule has 4 nitrogen and oxygen atoms in total. The van der Waals surface area contributed by atoms with E-state index in [1.807, 2.05) is 6.92 Å². The number of aromatic nitrogens is 2. The Morgan fingerprint density at radius 1 is 1.54 bits per heavy atom. The molecule has 1 rings (SSSR count). The summed E-state index contributed by atoms with van der Waals surface area (Å²) in [7, 11) is 0. The molecule has 0 saturated heterocycles. The molecule has 1 aromatic rings. The number of ether oxygens (including phenoxy) is 1. The molecule has 0 aliphatic carbocycles. The normalized spacial score (nSPS) is 9.69. The smallest absolute Gasteiger partial charge is 0.312 e. The van der Waals surface area contributed by atoms with Gasteiger partial charge in [0, 0.05) is 18.8 Å². The van der Waals surface area contributed by atoms with E-state index in [0.717, 1.165) is 6.42 Å². The Balaban J connectivity index is 2.63. The maximum atomic E-state index is 11.0. The predicted molar refractivity (Wildman–Crippen MR) is 47.6 cm³/mol. The monoisotopic (exact) mass is 200 g/mol. The summed E-state index contributed by atoms with van der Waals surface area (Å²) in [5, 5.41) is 0.104. The lowest BCUT2D eigenvalue weighted by Gasteiger charge is -2.01. The van der Waals surface area contributed by atoms with Gasteiger partial charge in [0.25, 0.3) is 5.88 Å². The molecule has 13 heavy (non-hydrogen) atoms. The molecule has 0 radical (unpaired) electrons. The van der Waals surface area contributed by atoms with Crippen LogP contribution < -0.4 is 4.74 Å². The van der Waals surface area contributed by atoms with E-state index in [1.54, 1.807) is 0 Å². The predicted octanol–water partition coefficient (Wildman–Crippen LogP) is 1.84. The van der Waals surface area contributed by atoms with Crippen LogP contribution in [0.4, 0.5) is 0 Å². The molecule has 70 valence electrons. The molecule has 0 aromatic carbocycles. The Labute approximate surface area is 80.9 Å². The van der Waals surface area contributed by atoms with Gasteiger partial charge in [0.15, 0.2) is 5.15 Å². The Morgan fingerprint density at radius 2 is 2.23 bits per heavy atom. The van der Waals surface area contributed by atoms with E-state index in [0.29, 0.717) is 6.42 Å². The molecule has 0 amide bonds. The van der Waals surface area contributed by atoms with Crippen molar-refractivity contribution in [2.75, 3.05) is 0 Å². The largest absolute Gasteiger partial charge is 0.404 e. The summed E-state index contributed by atoms with van der Waals surface area (Å²) >= 11 is 5.62. The third-order valence-corrected chi connectivity index (χ3v) is 1.55. The van der Waals surface area contributed by atoms with Crippen LogP contribution in [0.15, 0.2) is 12.4 Å². The van der Waals surface area contributed by atoms with Crippen molar-refractivity contribution in [1.82, 2.24) is 9.97 Å². The molecule has 0 N–H and O–H groups in total. The zero-order chi connectivity index (χ0) is 9.68. The summed E-state index contributed by atoms with van der Waals surface area (Å²) < 4.78 is 4.84. The SMILES string of the molecule is CCCC(=O)Oc1nccnc1Cl. The number of nitrogens with zero attached hydrogens (tertiary/aromatic N) is 2. The van der Waals surface area contributed by atoms with E-state index in [1.165, 1.54) is 12.4 Å². The summed E-state index contributed by atoms with van der Waals surface area (Å²) in [4.78, 5) is 18.5. The van der Waals surface area contributed by atoms with E-state index < -0.39 is 0 Å². The maximum Gasteiger partial charge on any atom is 0.312 e. The second kappa shape index (κ2) is 4.77. The summed E-state index contributed by atoms with van der Waals surface area (Å²) in [5.74, 6) is -0.271. The summed E-state index contributed by atoms with van der Waals surface area (Å²) in [6.07, 6.45) is 3.93. The number of hydrogen-bond donors (Lipinski definition) is 0. The lowest BCUT2D eigenvalue weighted by molar-refractivity contribution is -0.134. The molecule has 0 spiro atoms. The molecule has 0 aliphatic rings. The molecule has 1 aromatic heterocycles. The number of carbonyl (C=O) groups excluding carboxylic acids is 1. The molecule has 0 aliphatic heterocycles. The number of carbonyl (C=O) groups is 1. The van der Waals surface area contributed by atoms with E-state index in [4.69, 9.17) is 16.3 Å². The van der Waals surface area contributed by atoms with E-state index in [2.05, 4.69) is 9.97 Å². The number of halogens is 1. The first kappa shape index (κ1) is 9.92. The van der Waals surface area contributed by atoms with Gasteiger partial charge >= 0.3 is 5.97 Å². The first-order valence-corrected chi connectivity index (χ1v) is 4.29. The van der Waals surface area contributed by atoms with Crippen LogP contribution in [-0.4, -0.2) is 15.9 Å². The minimum atomic E-state index is -0.343. The van der Waals surface area contributed by atoms with Gasteiger partial charge in [0.2, 0.25) is 0 Å². The van der Waals surface area contributed by atoms with Crippen LogP contribution in [-0.2, 0) is 4.79 Å². The third kappa shape index (κ3) is 2.99. The molecule has 0 fully saturated rings. The first-order chi connectivity index (χ1) is 6.24. The van der Waals surface area contributed by atoms with Crippen LogP contribution in [0, 0.1) is 0 Å². The molecule has 0 bridgehead atoms. The topological polar surface area (TPSA) is 52.1 Å². The Bertz CT molecular complexity index is 304. The summed E-state index contributed by atoms with van der Waals surface area (Å²) in [6.45, 7) is 1.89. The van der Waals surface area contributed by atoms with Gasteiger partial charge in [0.1, 0.15) is 0 Å². The van der Waals surface area contributed by atoms with Crippen molar-refractivity contribution in [3.05, 3.63) is 17.5 Å². The maximum absolute atomic E-state index is 11.0. The molecule has 5 heteroatoms. The van der Waals surface area contributed by atoms with Crippen LogP contribution in [0.25, 0.3) is 0 Å². The van der Waals surface area contributed by atoms with Crippen molar-refractivity contribution in [1.29, 1.82) is 0 Å². The Morgan fingerprint density at radius 3 is 2.85 bits per heavy atom. The van der Waals surface area contributed by atoms with Gasteiger partial charge in [-0.3, -0.25) is 4.79 Å². The van der Waals surface area contributed by atoms with Crippen molar-refractivity contribution in [2.45, 2.75) is 19.8 Å². The van der Waals surface area contributed by atoms with Crippen LogP contribution >= 0.6 is 11.6 Å². The van der Waals surface area contributed by atoms with Gasteiger partial charge in [-0.1, -0.05) is 18.5 Å². The minimum Gasteiger partial charge on any atom is -0.404 e. The number of hydrogen-bond acceptors (Lipinski definition) is 4. The minimum absolute atomic E-state index is 0.0719. The van der Waals surface area contributed by atoms with Crippen molar-refractivity contribution < 1.29 is 9.53 Å². The van der Waals surface area contributed by atoms with Crippen LogP contribution in [0.5, 0.6) is 5.88 Å². The van der Waals surface area contributed by atoms with Crippen LogP contribution in [0.1, 0.15) is 19.8 Å². The first-order valence-electron chi connectivity index (χ1n) is 3.91. The van der Waals surface area contributed by atoms with Crippen molar-refractivity contribution in [3.63, 3.8) is 0 Å². The van der Waals surface area contributed by atoms with Gasteiger partial charge in [-0.15, -0.1) is 0 Å². The highest BCUT2D eigenvalue weighted by Gasteiger charge is 2.08. The zero-order valence-corrected chi connectivity index (χ0v) is 7.91. The van der Waals surface area contributed by atoms with E-state index in [9.17, 15) is 4.79 Å². The summed E-state index contributed by atoms with van der Waals surface area (Å²) in [6, 6.07) is 0. The average Bonchev–Trinajstić information content (AvgIpc) is 2.09. The molecule has 0 saturated carbocycles. The number of rotatable bonds is 3. The highest BCUT2D eigenvalue weighted by atomic mass is 35.5. The van der Waals surface area contributed by atoms with Gasteiger partial charge < -0.3 is 4.74 Å². The van der Waals surface area contributed by atoms with Crippen LogP contribution in [0.2, 0.25) is 5.15 Å². The second-order valence-corrected chi connectivity index (χ2v) is 2.73. The second-order valence-electron chi connectivity index (χ2n) is 2.38. The fraction of sp³-hybridized carbons (Fsp3) is 0.375. The highest BCUT2D eigenvalue weighted by molar-refractivity contribution is 6.30. The lowest BCUT2D eigenvalue weighted by atomic mass is 10.3. The average molecular weight is 201 g/mol. The van der Waals surface area contributed by atoms with Crippen LogP contribution in [0.3, 0.4) is 0 Å². The quantitative estimate of drug-likeness (QED) is 0.699. The lowest BCUT2D eigenvalue weighted by Crippen LogP contribution is -2.08.